The van der Waals surface area contributed by atoms with Crippen molar-refractivity contribution in [3.05, 3.63) is 90.7 Å². The molecule has 0 spiro atoms. The minimum Gasteiger partial charge on any atom is -0.497 e. The Morgan fingerprint density at radius 2 is 1.45 bits per heavy atom. The van der Waals surface area contributed by atoms with Crippen molar-refractivity contribution in [3.8, 4) is 23.0 Å². The summed E-state index contributed by atoms with van der Waals surface area (Å²) < 4.78 is 22.4. The van der Waals surface area contributed by atoms with E-state index in [-0.39, 0.29) is 0 Å². The van der Waals surface area contributed by atoms with Crippen molar-refractivity contribution < 1.29 is 18.9 Å². The van der Waals surface area contributed by atoms with Crippen molar-refractivity contribution in [1.29, 1.82) is 0 Å². The molecule has 0 unspecified atom stereocenters. The predicted octanol–water partition coefficient (Wildman–Crippen LogP) is 5.80. The third kappa shape index (κ3) is 5.62. The summed E-state index contributed by atoms with van der Waals surface area (Å²) in [5, 5.41) is 0. The zero-order valence-electron chi connectivity index (χ0n) is 16.7. The zero-order valence-corrected chi connectivity index (χ0v) is 16.7. The van der Waals surface area contributed by atoms with Crippen LogP contribution in [0.25, 0.3) is 0 Å². The van der Waals surface area contributed by atoms with E-state index >= 15 is 0 Å². The summed E-state index contributed by atoms with van der Waals surface area (Å²) in [5.74, 6) is 2.95. The maximum Gasteiger partial charge on any atom is 0.225 e. The van der Waals surface area contributed by atoms with E-state index in [1.807, 2.05) is 67.6 Å². The lowest BCUT2D eigenvalue weighted by Crippen LogP contribution is -2.11. The van der Waals surface area contributed by atoms with Crippen LogP contribution in [0.3, 0.4) is 0 Å². The van der Waals surface area contributed by atoms with E-state index in [0.29, 0.717) is 28.9 Å². The number of benzene rings is 3. The fourth-order valence-corrected chi connectivity index (χ4v) is 2.49. The Bertz CT molecular complexity index is 982. The molecule has 0 aliphatic heterocycles. The summed E-state index contributed by atoms with van der Waals surface area (Å²) in [5.41, 5.74) is 1.50. The lowest BCUT2D eigenvalue weighted by atomic mass is 10.3. The predicted molar refractivity (Wildman–Crippen MR) is 115 cm³/mol. The molecule has 0 atom stereocenters. The number of hydrogen-bond donors (Lipinski definition) is 0. The Labute approximate surface area is 170 Å². The first kappa shape index (κ1) is 20.0. The molecule has 29 heavy (non-hydrogen) atoms. The summed E-state index contributed by atoms with van der Waals surface area (Å²) in [6.45, 7) is 1.88. The summed E-state index contributed by atoms with van der Waals surface area (Å²) in [7, 11) is 3.19. The van der Waals surface area contributed by atoms with Crippen LogP contribution in [0.15, 0.2) is 95.7 Å². The second-order valence-electron chi connectivity index (χ2n) is 6.10. The van der Waals surface area contributed by atoms with E-state index < -0.39 is 0 Å². The Balaban J connectivity index is 1.88. The van der Waals surface area contributed by atoms with Crippen LogP contribution in [0.1, 0.15) is 6.92 Å². The molecule has 0 heterocycles. The van der Waals surface area contributed by atoms with Gasteiger partial charge in [-0.15, -0.1) is 0 Å². The summed E-state index contributed by atoms with van der Waals surface area (Å²) in [4.78, 5) is 4.63. The molecule has 5 nitrogen and oxygen atoms in total. The smallest absolute Gasteiger partial charge is 0.225 e. The van der Waals surface area contributed by atoms with Gasteiger partial charge in [0, 0.05) is 11.6 Å². The number of aliphatic imine (C=N–C) groups is 1. The number of methoxy groups -OCH3 is 2. The van der Waals surface area contributed by atoms with Gasteiger partial charge in [-0.05, 0) is 43.3 Å². The number of ether oxygens (including phenoxy) is 4. The normalized spacial score (nSPS) is 11.7. The Morgan fingerprint density at radius 3 is 2.10 bits per heavy atom. The standard InChI is InChI=1S/C24H23NO4/c1-18(17-28-22-15-14-21(26-2)16-23(22)27-3)24(25-19-10-6-4-7-11-19)29-20-12-8-5-9-13-20/h4-17H,1-3H3. The third-order valence-electron chi connectivity index (χ3n) is 4.02. The Hall–Kier alpha value is -3.73. The van der Waals surface area contributed by atoms with E-state index in [1.54, 1.807) is 38.7 Å². The van der Waals surface area contributed by atoms with E-state index in [2.05, 4.69) is 4.99 Å². The number of nitrogens with zero attached hydrogens (tertiary/aromatic N) is 1. The van der Waals surface area contributed by atoms with Crippen molar-refractivity contribution in [1.82, 2.24) is 0 Å². The van der Waals surface area contributed by atoms with Gasteiger partial charge in [0.05, 0.1) is 26.2 Å². The van der Waals surface area contributed by atoms with Gasteiger partial charge >= 0.3 is 0 Å². The van der Waals surface area contributed by atoms with E-state index in [1.165, 1.54) is 0 Å². The highest BCUT2D eigenvalue weighted by molar-refractivity contribution is 5.96. The van der Waals surface area contributed by atoms with Crippen molar-refractivity contribution in [2.75, 3.05) is 14.2 Å². The maximum absolute atomic E-state index is 6.01. The largest absolute Gasteiger partial charge is 0.497 e. The molecule has 0 amide bonds. The first-order valence-electron chi connectivity index (χ1n) is 9.12. The molecule has 0 N–H and O–H groups in total. The monoisotopic (exact) mass is 389 g/mol. The topological polar surface area (TPSA) is 49.3 Å². The molecule has 3 aromatic rings. The molecular weight excluding hydrogens is 366 g/mol. The van der Waals surface area contributed by atoms with Crippen LogP contribution in [-0.4, -0.2) is 20.1 Å². The molecule has 0 saturated heterocycles. The van der Waals surface area contributed by atoms with Crippen LogP contribution in [-0.2, 0) is 0 Å². The van der Waals surface area contributed by atoms with Crippen LogP contribution < -0.4 is 18.9 Å². The van der Waals surface area contributed by atoms with Gasteiger partial charge < -0.3 is 18.9 Å². The quantitative estimate of drug-likeness (QED) is 0.291. The van der Waals surface area contributed by atoms with Gasteiger partial charge in [-0.1, -0.05) is 36.4 Å². The lowest BCUT2D eigenvalue weighted by Gasteiger charge is -2.12. The van der Waals surface area contributed by atoms with E-state index in [0.717, 1.165) is 11.3 Å². The van der Waals surface area contributed by atoms with Crippen LogP contribution >= 0.6 is 0 Å². The van der Waals surface area contributed by atoms with Gasteiger partial charge in [-0.2, -0.15) is 0 Å². The fraction of sp³-hybridized carbons (Fsp3) is 0.125. The average Bonchev–Trinajstić information content (AvgIpc) is 2.78. The highest BCUT2D eigenvalue weighted by atomic mass is 16.5. The summed E-state index contributed by atoms with van der Waals surface area (Å²) >= 11 is 0. The summed E-state index contributed by atoms with van der Waals surface area (Å²) in [6.07, 6.45) is 1.59. The number of para-hydroxylation sites is 2. The number of hydrogen-bond acceptors (Lipinski definition) is 5. The third-order valence-corrected chi connectivity index (χ3v) is 4.02. The van der Waals surface area contributed by atoms with Crippen LogP contribution in [0, 0.1) is 0 Å². The molecule has 0 aliphatic rings. The lowest BCUT2D eigenvalue weighted by molar-refractivity contribution is 0.367. The van der Waals surface area contributed by atoms with Crippen molar-refractivity contribution in [2.45, 2.75) is 6.92 Å². The molecule has 0 aromatic heterocycles. The van der Waals surface area contributed by atoms with Crippen molar-refractivity contribution >= 4 is 11.6 Å². The molecule has 0 aliphatic carbocycles. The molecular formula is C24H23NO4. The van der Waals surface area contributed by atoms with Gasteiger partial charge in [0.1, 0.15) is 11.5 Å². The van der Waals surface area contributed by atoms with E-state index in [4.69, 9.17) is 18.9 Å². The average molecular weight is 389 g/mol. The van der Waals surface area contributed by atoms with Crippen LogP contribution in [0.5, 0.6) is 23.0 Å². The first-order chi connectivity index (χ1) is 14.2. The maximum atomic E-state index is 6.01. The molecule has 0 radical (unpaired) electrons. The molecule has 5 heteroatoms. The second-order valence-corrected chi connectivity index (χ2v) is 6.10. The van der Waals surface area contributed by atoms with Gasteiger partial charge in [0.2, 0.25) is 5.90 Å². The van der Waals surface area contributed by atoms with E-state index in [9.17, 15) is 0 Å². The van der Waals surface area contributed by atoms with Crippen LogP contribution in [0.4, 0.5) is 5.69 Å². The molecule has 148 valence electrons. The molecule has 3 rings (SSSR count). The highest BCUT2D eigenvalue weighted by Gasteiger charge is 2.10. The minimum atomic E-state index is 0.440. The van der Waals surface area contributed by atoms with Crippen molar-refractivity contribution in [3.63, 3.8) is 0 Å². The second kappa shape index (κ2) is 9.99. The molecule has 0 saturated carbocycles. The molecule has 3 aromatic carbocycles. The van der Waals surface area contributed by atoms with Gasteiger partial charge in [0.15, 0.2) is 11.5 Å². The van der Waals surface area contributed by atoms with Gasteiger partial charge in [-0.3, -0.25) is 0 Å². The number of rotatable bonds is 7. The Kier molecular flexibility index (Phi) is 6.90. The molecule has 0 bridgehead atoms. The Morgan fingerprint density at radius 1 is 0.759 bits per heavy atom. The SMILES string of the molecule is COc1ccc(OC=C(C)C(=Nc2ccccc2)Oc2ccccc2)c(OC)c1. The van der Waals surface area contributed by atoms with Gasteiger partial charge in [0.25, 0.3) is 0 Å². The highest BCUT2D eigenvalue weighted by Crippen LogP contribution is 2.31. The zero-order chi connectivity index (χ0) is 20.5. The van der Waals surface area contributed by atoms with Crippen LogP contribution in [0.2, 0.25) is 0 Å². The minimum absolute atomic E-state index is 0.440. The van der Waals surface area contributed by atoms with Crippen molar-refractivity contribution in [2.24, 2.45) is 4.99 Å². The summed E-state index contributed by atoms with van der Waals surface area (Å²) in [6, 6.07) is 24.5. The van der Waals surface area contributed by atoms with Gasteiger partial charge in [-0.25, -0.2) is 4.99 Å². The fourth-order valence-electron chi connectivity index (χ4n) is 2.49. The first-order valence-corrected chi connectivity index (χ1v) is 9.12. The molecule has 0 fully saturated rings.